The molecule has 2 amide bonds. The zero-order valence-corrected chi connectivity index (χ0v) is 22.0. The number of nitrogens with zero attached hydrogens (tertiary/aromatic N) is 2. The maximum atomic E-state index is 13.7. The molecule has 0 spiro atoms. The molecule has 0 radical (unpaired) electrons. The minimum absolute atomic E-state index is 0.0375. The fourth-order valence-corrected chi connectivity index (χ4v) is 4.80. The van der Waals surface area contributed by atoms with E-state index in [0.717, 1.165) is 26.9 Å². The van der Waals surface area contributed by atoms with Gasteiger partial charge in [-0.05, 0) is 62.4 Å². The molecule has 1 unspecified atom stereocenters. The van der Waals surface area contributed by atoms with Crippen LogP contribution in [0, 0.1) is 11.8 Å². The van der Waals surface area contributed by atoms with E-state index in [1.54, 1.807) is 6.07 Å². The van der Waals surface area contributed by atoms with Gasteiger partial charge in [0.2, 0.25) is 15.9 Å². The van der Waals surface area contributed by atoms with Gasteiger partial charge in [0.05, 0.1) is 11.9 Å². The van der Waals surface area contributed by atoms with E-state index in [1.165, 1.54) is 24.1 Å². The lowest BCUT2D eigenvalue weighted by molar-refractivity contribution is -0.138. The van der Waals surface area contributed by atoms with Crippen molar-refractivity contribution >= 4 is 21.8 Å². The molecule has 3 rings (SSSR count). The summed E-state index contributed by atoms with van der Waals surface area (Å²) in [5.74, 6) is 4.06. The highest BCUT2D eigenvalue weighted by Gasteiger charge is 2.36. The Morgan fingerprint density at radius 3 is 2.25 bits per heavy atom. The molecule has 0 saturated heterocycles. The molecule has 0 aliphatic carbocycles. The summed E-state index contributed by atoms with van der Waals surface area (Å²) in [5, 5.41) is 2.91. The van der Waals surface area contributed by atoms with Crippen molar-refractivity contribution < 1.29 is 18.0 Å². The van der Waals surface area contributed by atoms with Crippen molar-refractivity contribution in [2.45, 2.75) is 45.8 Å². The Balaban J connectivity index is 2.21. The Morgan fingerprint density at radius 2 is 1.64 bits per heavy atom. The van der Waals surface area contributed by atoms with E-state index < -0.39 is 33.4 Å². The first-order chi connectivity index (χ1) is 16.9. The molecule has 0 saturated carbocycles. The van der Waals surface area contributed by atoms with Crippen molar-refractivity contribution in [2.24, 2.45) is 0 Å². The highest BCUT2D eigenvalue weighted by molar-refractivity contribution is 7.89. The van der Waals surface area contributed by atoms with E-state index in [4.69, 9.17) is 0 Å². The second kappa shape index (κ2) is 10.8. The highest BCUT2D eigenvalue weighted by atomic mass is 32.2. The van der Waals surface area contributed by atoms with Gasteiger partial charge in [-0.2, -0.15) is 0 Å². The second-order valence-electron chi connectivity index (χ2n) is 9.46. The molecule has 0 fully saturated rings. The summed E-state index contributed by atoms with van der Waals surface area (Å²) < 4.78 is 26.1. The molecule has 1 heterocycles. The first kappa shape index (κ1) is 26.8. The smallest absolute Gasteiger partial charge is 0.299 e. The number of benzene rings is 2. The van der Waals surface area contributed by atoms with Crippen LogP contribution >= 0.6 is 0 Å². The lowest BCUT2D eigenvalue weighted by atomic mass is 9.98. The van der Waals surface area contributed by atoms with E-state index >= 15 is 0 Å². The van der Waals surface area contributed by atoms with Crippen molar-refractivity contribution in [3.05, 3.63) is 84.2 Å². The number of rotatable bonds is 7. The van der Waals surface area contributed by atoms with Crippen LogP contribution in [-0.4, -0.2) is 40.9 Å². The molecule has 1 atom stereocenters. The topological polar surface area (TPSA) is 88.5 Å². The van der Waals surface area contributed by atoms with Crippen molar-refractivity contribution in [2.75, 3.05) is 6.26 Å². The van der Waals surface area contributed by atoms with Gasteiger partial charge in [0.1, 0.15) is 0 Å². The third-order valence-corrected chi connectivity index (χ3v) is 6.42. The summed E-state index contributed by atoms with van der Waals surface area (Å²) in [7, 11) is -3.75. The van der Waals surface area contributed by atoms with Crippen molar-refractivity contribution in [1.29, 1.82) is 0 Å². The van der Waals surface area contributed by atoms with E-state index in [0.29, 0.717) is 0 Å². The highest BCUT2D eigenvalue weighted by Crippen LogP contribution is 2.30. The Labute approximate surface area is 213 Å². The minimum atomic E-state index is -3.75. The zero-order chi connectivity index (χ0) is 26.5. The fraction of sp³-hybridized carbons (Fsp3) is 0.286. The quantitative estimate of drug-likeness (QED) is 0.492. The molecule has 1 N–H and O–H groups in total. The molecule has 0 aliphatic heterocycles. The average Bonchev–Trinajstić information content (AvgIpc) is 3.28. The summed E-state index contributed by atoms with van der Waals surface area (Å²) in [6.45, 7) is 7.04. The first-order valence-electron chi connectivity index (χ1n) is 11.5. The van der Waals surface area contributed by atoms with Crippen LogP contribution in [0.3, 0.4) is 0 Å². The normalized spacial score (nSPS) is 12.2. The van der Waals surface area contributed by atoms with Gasteiger partial charge < -0.3 is 10.2 Å². The second-order valence-corrected chi connectivity index (χ2v) is 11.3. The van der Waals surface area contributed by atoms with E-state index in [1.807, 2.05) is 75.4 Å². The van der Waals surface area contributed by atoms with Crippen molar-refractivity contribution in [1.82, 2.24) is 14.2 Å². The molecule has 0 bridgehead atoms. The average molecular weight is 506 g/mol. The molecule has 36 heavy (non-hydrogen) atoms. The maximum absolute atomic E-state index is 13.7. The van der Waals surface area contributed by atoms with E-state index in [-0.39, 0.29) is 12.2 Å². The Morgan fingerprint density at radius 1 is 1.00 bits per heavy atom. The van der Waals surface area contributed by atoms with Crippen molar-refractivity contribution in [3.63, 3.8) is 0 Å². The summed E-state index contributed by atoms with van der Waals surface area (Å²) in [6, 6.07) is 19.1. The Kier molecular flexibility index (Phi) is 8.06. The number of amides is 2. The molecule has 188 valence electrons. The monoisotopic (exact) mass is 505 g/mol. The molecule has 7 nitrogen and oxygen atoms in total. The van der Waals surface area contributed by atoms with Crippen LogP contribution in [0.2, 0.25) is 0 Å². The lowest BCUT2D eigenvalue weighted by Gasteiger charge is -2.33. The number of nitrogens with one attached hydrogen (secondary N) is 1. The molecule has 1 aromatic heterocycles. The van der Waals surface area contributed by atoms with E-state index in [9.17, 15) is 18.0 Å². The molecule has 0 aliphatic rings. The maximum Gasteiger partial charge on any atom is 0.299 e. The molecule has 8 heteroatoms. The van der Waals surface area contributed by atoms with Gasteiger partial charge in [0.25, 0.3) is 5.91 Å². The minimum Gasteiger partial charge on any atom is -0.349 e. The van der Waals surface area contributed by atoms with Gasteiger partial charge in [-0.25, -0.2) is 12.4 Å². The van der Waals surface area contributed by atoms with Crippen LogP contribution < -0.4 is 5.32 Å². The van der Waals surface area contributed by atoms with Crippen LogP contribution in [0.15, 0.2) is 72.9 Å². The lowest BCUT2D eigenvalue weighted by Crippen LogP contribution is -2.49. The number of aromatic nitrogens is 1. The summed E-state index contributed by atoms with van der Waals surface area (Å²) in [4.78, 5) is 28.4. The standard InChI is InChI=1S/C28H31N3O4S/c1-6-13-25(32)30(20-22-16-10-11-17-23(22)21-14-8-7-9-15-21)26(27(33)29-28(2,3)4)24-18-12-19-31(24)36(5,34)35/h7-12,14-19,26H,20H2,1-5H3,(H,29,33). The summed E-state index contributed by atoms with van der Waals surface area (Å²) in [6.07, 6.45) is 2.42. The van der Waals surface area contributed by atoms with Crippen LogP contribution in [0.5, 0.6) is 0 Å². The largest absolute Gasteiger partial charge is 0.349 e. The third-order valence-electron chi connectivity index (χ3n) is 5.37. The van der Waals surface area contributed by atoms with Gasteiger partial charge in [-0.1, -0.05) is 60.5 Å². The molecular weight excluding hydrogens is 474 g/mol. The van der Waals surface area contributed by atoms with Crippen LogP contribution in [0.1, 0.15) is 45.0 Å². The Bertz CT molecular complexity index is 1410. The predicted molar refractivity (Wildman–Crippen MR) is 141 cm³/mol. The summed E-state index contributed by atoms with van der Waals surface area (Å²) in [5.41, 5.74) is 2.18. The van der Waals surface area contributed by atoms with Crippen LogP contribution in [0.25, 0.3) is 11.1 Å². The molecule has 2 aromatic carbocycles. The third kappa shape index (κ3) is 6.43. The summed E-state index contributed by atoms with van der Waals surface area (Å²) >= 11 is 0. The van der Waals surface area contributed by atoms with Gasteiger partial charge in [-0.3, -0.25) is 9.59 Å². The number of carbonyl (C=O) groups excluding carboxylic acids is 2. The number of hydrogen-bond donors (Lipinski definition) is 1. The van der Waals surface area contributed by atoms with Gasteiger partial charge in [0, 0.05) is 18.3 Å². The Hall–Kier alpha value is -3.83. The number of hydrogen-bond acceptors (Lipinski definition) is 4. The van der Waals surface area contributed by atoms with Gasteiger partial charge >= 0.3 is 0 Å². The fourth-order valence-electron chi connectivity index (χ4n) is 3.97. The first-order valence-corrected chi connectivity index (χ1v) is 13.3. The zero-order valence-electron chi connectivity index (χ0n) is 21.1. The predicted octanol–water partition coefficient (Wildman–Crippen LogP) is 3.97. The van der Waals surface area contributed by atoms with Crippen molar-refractivity contribution in [3.8, 4) is 23.0 Å². The SMILES string of the molecule is CC#CC(=O)N(Cc1ccccc1-c1ccccc1)C(C(=O)NC(C)(C)C)c1cccn1S(C)(=O)=O. The number of carbonyl (C=O) groups is 2. The molecular formula is C28H31N3O4S. The van der Waals surface area contributed by atoms with Crippen LogP contribution in [-0.2, 0) is 26.2 Å². The van der Waals surface area contributed by atoms with Crippen LogP contribution in [0.4, 0.5) is 0 Å². The van der Waals surface area contributed by atoms with E-state index in [2.05, 4.69) is 17.2 Å². The van der Waals surface area contributed by atoms with Gasteiger partial charge in [-0.15, -0.1) is 0 Å². The molecule has 3 aromatic rings. The van der Waals surface area contributed by atoms with Gasteiger partial charge in [0.15, 0.2) is 6.04 Å².